The molecule has 0 saturated carbocycles. The molecule has 4 atom stereocenters. The molecule has 2 amide bonds. The monoisotopic (exact) mass is 529 g/mol. The fraction of sp³-hybridized carbons (Fsp3) is 0.565. The number of hydrogen-bond donors (Lipinski definition) is 3. The molecule has 0 spiro atoms. The van der Waals surface area contributed by atoms with Crippen LogP contribution in [-0.4, -0.2) is 70.1 Å². The van der Waals surface area contributed by atoms with Crippen molar-refractivity contribution >= 4 is 23.5 Å². The maximum atomic E-state index is 14.6. The quantitative estimate of drug-likeness (QED) is 0.497. The number of primary amides is 1. The number of aromatic nitrogens is 2. The van der Waals surface area contributed by atoms with Gasteiger partial charge >= 0.3 is 6.18 Å². The van der Waals surface area contributed by atoms with Gasteiger partial charge in [-0.2, -0.15) is 17.6 Å². The first kappa shape index (κ1) is 26.8. The minimum absolute atomic E-state index is 0.0339. The van der Waals surface area contributed by atoms with Gasteiger partial charge in [0, 0.05) is 31.6 Å². The first-order chi connectivity index (χ1) is 17.3. The number of halogens is 5. The van der Waals surface area contributed by atoms with E-state index in [0.29, 0.717) is 18.9 Å². The average Bonchev–Trinajstić information content (AvgIpc) is 2.80. The molecule has 37 heavy (non-hydrogen) atoms. The van der Waals surface area contributed by atoms with Gasteiger partial charge in [0.25, 0.3) is 0 Å². The van der Waals surface area contributed by atoms with Crippen LogP contribution in [-0.2, 0) is 9.59 Å². The minimum Gasteiger partial charge on any atom is -0.381 e. The molecule has 2 fully saturated rings. The van der Waals surface area contributed by atoms with Crippen LogP contribution in [0.25, 0.3) is 0 Å². The van der Waals surface area contributed by atoms with Crippen molar-refractivity contribution in [2.24, 2.45) is 11.7 Å². The number of likely N-dealkylation sites (tertiary alicyclic amines) is 1. The lowest BCUT2D eigenvalue weighted by Gasteiger charge is -2.47. The first-order valence-corrected chi connectivity index (χ1v) is 11.8. The summed E-state index contributed by atoms with van der Waals surface area (Å²) >= 11 is 0. The van der Waals surface area contributed by atoms with Gasteiger partial charge in [-0.1, -0.05) is 6.08 Å². The van der Waals surface area contributed by atoms with Crippen molar-refractivity contribution in [2.75, 3.05) is 30.3 Å². The summed E-state index contributed by atoms with van der Waals surface area (Å²) in [5, 5.41) is 2.91. The highest BCUT2D eigenvalue weighted by Crippen LogP contribution is 2.37. The van der Waals surface area contributed by atoms with Crippen molar-refractivity contribution in [3.05, 3.63) is 35.7 Å². The predicted octanol–water partition coefficient (Wildman–Crippen LogP) is 1.96. The van der Waals surface area contributed by atoms with Crippen molar-refractivity contribution in [3.8, 4) is 0 Å². The molecule has 3 heterocycles. The number of piperidine rings is 2. The van der Waals surface area contributed by atoms with E-state index in [9.17, 15) is 31.5 Å². The lowest BCUT2D eigenvalue weighted by atomic mass is 9.85. The van der Waals surface area contributed by atoms with Crippen LogP contribution in [0.4, 0.5) is 33.6 Å². The van der Waals surface area contributed by atoms with Crippen LogP contribution in [0.3, 0.4) is 0 Å². The lowest BCUT2D eigenvalue weighted by Crippen LogP contribution is -2.64. The zero-order chi connectivity index (χ0) is 27.1. The van der Waals surface area contributed by atoms with Gasteiger partial charge in [-0.05, 0) is 32.3 Å². The fourth-order valence-electron chi connectivity index (χ4n) is 5.39. The number of hydrogen-bond acceptors (Lipinski definition) is 7. The number of nitrogens with two attached hydrogens (primary N) is 2. The Kier molecular flexibility index (Phi) is 7.14. The summed E-state index contributed by atoms with van der Waals surface area (Å²) in [6, 6.07) is -1.67. The Labute approximate surface area is 209 Å². The molecule has 1 aliphatic carbocycles. The van der Waals surface area contributed by atoms with Crippen LogP contribution < -0.4 is 21.7 Å². The number of nitrogens with one attached hydrogen (secondary N) is 1. The Hall–Kier alpha value is -3.29. The van der Waals surface area contributed by atoms with E-state index in [-0.39, 0.29) is 44.1 Å². The van der Waals surface area contributed by atoms with E-state index in [1.54, 1.807) is 4.90 Å². The van der Waals surface area contributed by atoms with Gasteiger partial charge in [-0.25, -0.2) is 14.4 Å². The molecule has 9 nitrogen and oxygen atoms in total. The van der Waals surface area contributed by atoms with Crippen molar-refractivity contribution in [3.63, 3.8) is 0 Å². The highest BCUT2D eigenvalue weighted by Gasteiger charge is 2.45. The number of amides is 2. The molecule has 4 rings (SSSR count). The van der Waals surface area contributed by atoms with Gasteiger partial charge in [0.1, 0.15) is 12.2 Å². The molecule has 2 unspecified atom stereocenters. The summed E-state index contributed by atoms with van der Waals surface area (Å²) in [6.45, 7) is 1.93. The molecule has 14 heteroatoms. The molecule has 2 saturated heterocycles. The second-order valence-corrected chi connectivity index (χ2v) is 9.86. The second-order valence-electron chi connectivity index (χ2n) is 9.86. The minimum atomic E-state index is -4.75. The summed E-state index contributed by atoms with van der Waals surface area (Å²) in [5.41, 5.74) is 8.60. The average molecular weight is 530 g/mol. The van der Waals surface area contributed by atoms with Gasteiger partial charge in [-0.15, -0.1) is 0 Å². The van der Waals surface area contributed by atoms with Crippen LogP contribution in [0.5, 0.6) is 0 Å². The van der Waals surface area contributed by atoms with Gasteiger partial charge in [0.15, 0.2) is 11.6 Å². The summed E-state index contributed by atoms with van der Waals surface area (Å²) in [6.07, 6.45) is -1.66. The molecule has 0 bridgehead atoms. The second kappa shape index (κ2) is 9.88. The molecule has 2 aliphatic heterocycles. The topological polar surface area (TPSA) is 130 Å². The van der Waals surface area contributed by atoms with Crippen LogP contribution in [0.1, 0.15) is 32.6 Å². The number of allylic oxidation sites excluding steroid dienone is 2. The normalized spacial score (nSPS) is 29.1. The third-order valence-electron chi connectivity index (χ3n) is 7.07. The Bertz CT molecular complexity index is 1140. The molecule has 202 valence electrons. The smallest absolute Gasteiger partial charge is 0.381 e. The van der Waals surface area contributed by atoms with Crippen molar-refractivity contribution in [1.29, 1.82) is 0 Å². The van der Waals surface area contributed by atoms with Crippen molar-refractivity contribution in [2.45, 2.75) is 56.4 Å². The highest BCUT2D eigenvalue weighted by atomic mass is 19.4. The SMILES string of the molecule is CC1(NC2CCCN([C@H]3CN(c4ncnc(N)c4F)CC[C@@H]3C(N)=O)C2=O)C=C(C(F)(F)F)C=C(F)C1. The summed E-state index contributed by atoms with van der Waals surface area (Å²) in [7, 11) is 0. The van der Waals surface area contributed by atoms with Crippen LogP contribution in [0.2, 0.25) is 0 Å². The Morgan fingerprint density at radius 2 is 1.95 bits per heavy atom. The number of carbonyl (C=O) groups excluding carboxylic acids is 2. The largest absolute Gasteiger partial charge is 0.416 e. The number of nitrogens with zero attached hydrogens (tertiary/aromatic N) is 4. The van der Waals surface area contributed by atoms with Gasteiger partial charge in [0.2, 0.25) is 17.6 Å². The van der Waals surface area contributed by atoms with E-state index in [4.69, 9.17) is 11.5 Å². The summed E-state index contributed by atoms with van der Waals surface area (Å²) in [5.74, 6) is -4.00. The molecular formula is C23H28F5N7O2. The fourth-order valence-corrected chi connectivity index (χ4v) is 5.39. The zero-order valence-corrected chi connectivity index (χ0v) is 20.1. The van der Waals surface area contributed by atoms with E-state index < -0.39 is 58.7 Å². The van der Waals surface area contributed by atoms with Crippen LogP contribution >= 0.6 is 0 Å². The predicted molar refractivity (Wildman–Crippen MR) is 124 cm³/mol. The van der Waals surface area contributed by atoms with Gasteiger partial charge < -0.3 is 21.3 Å². The third kappa shape index (κ3) is 5.53. The molecule has 5 N–H and O–H groups in total. The van der Waals surface area contributed by atoms with E-state index in [1.165, 1.54) is 11.8 Å². The Morgan fingerprint density at radius 3 is 2.62 bits per heavy atom. The molecule has 1 aromatic rings. The zero-order valence-electron chi connectivity index (χ0n) is 20.1. The highest BCUT2D eigenvalue weighted by molar-refractivity contribution is 5.85. The van der Waals surface area contributed by atoms with E-state index >= 15 is 0 Å². The van der Waals surface area contributed by atoms with Gasteiger partial charge in [-0.3, -0.25) is 14.9 Å². The maximum absolute atomic E-state index is 14.6. The van der Waals surface area contributed by atoms with Gasteiger partial charge in [0.05, 0.1) is 23.6 Å². The Morgan fingerprint density at radius 1 is 1.22 bits per heavy atom. The lowest BCUT2D eigenvalue weighted by molar-refractivity contribution is -0.142. The number of anilines is 2. The molecule has 0 radical (unpaired) electrons. The number of carbonyl (C=O) groups is 2. The van der Waals surface area contributed by atoms with Crippen molar-refractivity contribution < 1.29 is 31.5 Å². The first-order valence-electron chi connectivity index (χ1n) is 11.8. The van der Waals surface area contributed by atoms with E-state index in [2.05, 4.69) is 15.3 Å². The standard InChI is InChI=1S/C23H28F5N7O2/c1-22(8-12(23(26,27)28)7-13(24)9-22)33-15-3-2-5-35(21(15)37)16-10-34(6-4-14(16)19(30)36)20-17(25)18(29)31-11-32-20/h7-8,11,14-16,33H,2-6,9-10H2,1H3,(H2,30,36)(H2,29,31,32)/t14-,15?,16-,22?/m0/s1. The molecule has 1 aromatic heterocycles. The third-order valence-corrected chi connectivity index (χ3v) is 7.07. The molecule has 3 aliphatic rings. The maximum Gasteiger partial charge on any atom is 0.416 e. The number of alkyl halides is 3. The van der Waals surface area contributed by atoms with Crippen molar-refractivity contribution in [1.82, 2.24) is 20.2 Å². The van der Waals surface area contributed by atoms with Crippen LogP contribution in [0, 0.1) is 11.7 Å². The Balaban J connectivity index is 1.57. The van der Waals surface area contributed by atoms with Crippen LogP contribution in [0.15, 0.2) is 29.9 Å². The van der Waals surface area contributed by atoms with E-state index in [1.807, 2.05) is 0 Å². The summed E-state index contributed by atoms with van der Waals surface area (Å²) < 4.78 is 68.6. The number of nitrogen functional groups attached to an aromatic ring is 1. The number of rotatable bonds is 5. The summed E-state index contributed by atoms with van der Waals surface area (Å²) in [4.78, 5) is 36.4. The molecule has 0 aromatic carbocycles. The molecular weight excluding hydrogens is 501 g/mol. The van der Waals surface area contributed by atoms with E-state index in [0.717, 1.165) is 12.4 Å².